The van der Waals surface area contributed by atoms with Crippen LogP contribution in [0.1, 0.15) is 19.2 Å². The molecule has 3 rings (SSSR count). The zero-order chi connectivity index (χ0) is 19.9. The number of anilines is 2. The number of benzene rings is 2. The Morgan fingerprint density at radius 3 is 2.64 bits per heavy atom. The Morgan fingerprint density at radius 1 is 1.18 bits per heavy atom. The van der Waals surface area contributed by atoms with Gasteiger partial charge in [0.2, 0.25) is 17.6 Å². The number of aryl methyl sites for hydroxylation is 1. The van der Waals surface area contributed by atoms with Crippen LogP contribution < -0.4 is 20.5 Å². The van der Waals surface area contributed by atoms with Gasteiger partial charge in [-0.1, -0.05) is 5.16 Å². The second-order valence-electron chi connectivity index (χ2n) is 5.97. The van der Waals surface area contributed by atoms with Gasteiger partial charge in [-0.2, -0.15) is 4.98 Å². The van der Waals surface area contributed by atoms with Gasteiger partial charge in [-0.05, 0) is 43.3 Å². The molecule has 0 radical (unpaired) electrons. The summed E-state index contributed by atoms with van der Waals surface area (Å²) in [6.07, 6.45) is 0.501. The zero-order valence-electron chi connectivity index (χ0n) is 15.8. The van der Waals surface area contributed by atoms with E-state index in [0.29, 0.717) is 41.9 Å². The number of nitrogens with zero attached hydrogens (tertiary/aromatic N) is 2. The quantitative estimate of drug-likeness (QED) is 0.575. The number of nitrogen functional groups attached to an aromatic ring is 1. The predicted octanol–water partition coefficient (Wildman–Crippen LogP) is 3.30. The first kappa shape index (κ1) is 19.2. The van der Waals surface area contributed by atoms with E-state index >= 15 is 0 Å². The maximum absolute atomic E-state index is 12.2. The minimum Gasteiger partial charge on any atom is -0.497 e. The van der Waals surface area contributed by atoms with Gasteiger partial charge in [0, 0.05) is 24.5 Å². The van der Waals surface area contributed by atoms with Crippen LogP contribution in [0.5, 0.6) is 11.5 Å². The Labute approximate surface area is 162 Å². The summed E-state index contributed by atoms with van der Waals surface area (Å²) in [6.45, 7) is 2.54. The summed E-state index contributed by atoms with van der Waals surface area (Å²) in [5.74, 6) is 2.04. The van der Waals surface area contributed by atoms with E-state index < -0.39 is 0 Å². The van der Waals surface area contributed by atoms with Crippen LogP contribution in [-0.4, -0.2) is 29.8 Å². The molecule has 3 N–H and O–H groups in total. The second-order valence-corrected chi connectivity index (χ2v) is 5.97. The molecule has 0 saturated heterocycles. The van der Waals surface area contributed by atoms with Crippen LogP contribution >= 0.6 is 0 Å². The lowest BCUT2D eigenvalue weighted by atomic mass is 10.2. The number of hydrogen-bond acceptors (Lipinski definition) is 7. The average molecular weight is 382 g/mol. The number of nitrogens with one attached hydrogen (secondary N) is 1. The number of ether oxygens (including phenoxy) is 2. The number of carbonyl (C=O) groups is 1. The van der Waals surface area contributed by atoms with E-state index in [-0.39, 0.29) is 12.3 Å². The maximum atomic E-state index is 12.2. The van der Waals surface area contributed by atoms with Crippen molar-refractivity contribution < 1.29 is 18.8 Å². The fourth-order valence-corrected chi connectivity index (χ4v) is 2.54. The lowest BCUT2D eigenvalue weighted by Crippen LogP contribution is -2.13. The Morgan fingerprint density at radius 2 is 1.93 bits per heavy atom. The highest BCUT2D eigenvalue weighted by molar-refractivity contribution is 5.94. The summed E-state index contributed by atoms with van der Waals surface area (Å²) in [7, 11) is 1.55. The van der Waals surface area contributed by atoms with Gasteiger partial charge in [-0.25, -0.2) is 0 Å². The summed E-state index contributed by atoms with van der Waals surface area (Å²) in [4.78, 5) is 16.5. The molecule has 1 heterocycles. The normalized spacial score (nSPS) is 10.5. The highest BCUT2D eigenvalue weighted by Crippen LogP contribution is 2.25. The molecule has 0 saturated carbocycles. The smallest absolute Gasteiger partial charge is 0.227 e. The van der Waals surface area contributed by atoms with Gasteiger partial charge in [-0.3, -0.25) is 4.79 Å². The summed E-state index contributed by atoms with van der Waals surface area (Å²) in [6, 6.07) is 12.5. The van der Waals surface area contributed by atoms with Gasteiger partial charge in [0.25, 0.3) is 0 Å². The Balaban J connectivity index is 1.57. The van der Waals surface area contributed by atoms with Crippen LogP contribution in [0.2, 0.25) is 0 Å². The molecule has 8 heteroatoms. The summed E-state index contributed by atoms with van der Waals surface area (Å²) in [5.41, 5.74) is 7.66. The van der Waals surface area contributed by atoms with E-state index in [0.717, 1.165) is 11.3 Å². The van der Waals surface area contributed by atoms with Crippen molar-refractivity contribution >= 4 is 17.3 Å². The highest BCUT2D eigenvalue weighted by Gasteiger charge is 2.12. The van der Waals surface area contributed by atoms with Crippen LogP contribution in [-0.2, 0) is 11.2 Å². The molecular weight excluding hydrogens is 360 g/mol. The van der Waals surface area contributed by atoms with Gasteiger partial charge >= 0.3 is 0 Å². The fourth-order valence-electron chi connectivity index (χ4n) is 2.54. The minimum atomic E-state index is -0.208. The van der Waals surface area contributed by atoms with Crippen molar-refractivity contribution in [2.45, 2.75) is 19.8 Å². The van der Waals surface area contributed by atoms with Crippen molar-refractivity contribution in [1.29, 1.82) is 0 Å². The second kappa shape index (κ2) is 8.90. The van der Waals surface area contributed by atoms with Crippen molar-refractivity contribution in [3.05, 3.63) is 48.4 Å². The van der Waals surface area contributed by atoms with Crippen LogP contribution in [0.3, 0.4) is 0 Å². The Kier molecular flexibility index (Phi) is 6.11. The van der Waals surface area contributed by atoms with E-state index in [9.17, 15) is 4.79 Å². The van der Waals surface area contributed by atoms with E-state index in [2.05, 4.69) is 15.5 Å². The lowest BCUT2D eigenvalue weighted by Gasteiger charge is -2.09. The molecule has 2 aromatic carbocycles. The molecule has 0 unspecified atom stereocenters. The number of rotatable bonds is 8. The average Bonchev–Trinajstić information content (AvgIpc) is 3.18. The first-order valence-corrected chi connectivity index (χ1v) is 8.88. The monoisotopic (exact) mass is 382 g/mol. The standard InChI is InChI=1S/C20H22N4O4/c1-3-27-14-6-4-13(5-7-14)20-23-19(28-24-20)11-10-18(25)22-17-12-15(26-2)8-9-16(17)21/h4-9,12H,3,10-11,21H2,1-2H3,(H,22,25). The van der Waals surface area contributed by atoms with Crippen molar-refractivity contribution in [2.24, 2.45) is 0 Å². The molecule has 1 amide bonds. The fraction of sp³-hybridized carbons (Fsp3) is 0.250. The van der Waals surface area contributed by atoms with Gasteiger partial charge in [0.1, 0.15) is 11.5 Å². The molecule has 0 aliphatic heterocycles. The molecule has 0 aliphatic carbocycles. The third-order valence-corrected chi connectivity index (χ3v) is 3.99. The topological polar surface area (TPSA) is 112 Å². The SMILES string of the molecule is CCOc1ccc(-c2noc(CCC(=O)Nc3cc(OC)ccc3N)n2)cc1. The minimum absolute atomic E-state index is 0.182. The van der Waals surface area contributed by atoms with Crippen LogP contribution in [0, 0.1) is 0 Å². The third-order valence-electron chi connectivity index (χ3n) is 3.99. The molecule has 146 valence electrons. The van der Waals surface area contributed by atoms with Crippen LogP contribution in [0.15, 0.2) is 47.0 Å². The molecule has 0 atom stereocenters. The van der Waals surface area contributed by atoms with Crippen LogP contribution in [0.25, 0.3) is 11.4 Å². The van der Waals surface area contributed by atoms with Gasteiger partial charge in [-0.15, -0.1) is 0 Å². The number of amides is 1. The largest absolute Gasteiger partial charge is 0.497 e. The number of methoxy groups -OCH3 is 1. The van der Waals surface area contributed by atoms with Crippen molar-refractivity contribution in [3.8, 4) is 22.9 Å². The summed E-state index contributed by atoms with van der Waals surface area (Å²) in [5, 5.41) is 6.73. The molecule has 0 fully saturated rings. The van der Waals surface area contributed by atoms with Gasteiger partial charge < -0.3 is 25.0 Å². The number of carbonyl (C=O) groups excluding carboxylic acids is 1. The molecule has 8 nitrogen and oxygen atoms in total. The van der Waals surface area contributed by atoms with E-state index in [1.807, 2.05) is 31.2 Å². The lowest BCUT2D eigenvalue weighted by molar-refractivity contribution is -0.116. The number of nitrogens with two attached hydrogens (primary N) is 1. The third kappa shape index (κ3) is 4.79. The molecule has 1 aromatic heterocycles. The first-order chi connectivity index (χ1) is 13.6. The number of aromatic nitrogens is 2. The molecule has 0 aliphatic rings. The summed E-state index contributed by atoms with van der Waals surface area (Å²) >= 11 is 0. The Hall–Kier alpha value is -3.55. The molecule has 0 bridgehead atoms. The van der Waals surface area contributed by atoms with E-state index in [1.165, 1.54) is 0 Å². The number of hydrogen-bond donors (Lipinski definition) is 2. The van der Waals surface area contributed by atoms with Crippen molar-refractivity contribution in [2.75, 3.05) is 24.8 Å². The predicted molar refractivity (Wildman–Crippen MR) is 105 cm³/mol. The van der Waals surface area contributed by atoms with Gasteiger partial charge in [0.15, 0.2) is 0 Å². The molecule has 3 aromatic rings. The summed E-state index contributed by atoms with van der Waals surface area (Å²) < 4.78 is 15.8. The maximum Gasteiger partial charge on any atom is 0.227 e. The molecular formula is C20H22N4O4. The van der Waals surface area contributed by atoms with E-state index in [4.69, 9.17) is 19.7 Å². The highest BCUT2D eigenvalue weighted by atomic mass is 16.5. The van der Waals surface area contributed by atoms with Gasteiger partial charge in [0.05, 0.1) is 25.1 Å². The first-order valence-electron chi connectivity index (χ1n) is 8.88. The molecule has 28 heavy (non-hydrogen) atoms. The Bertz CT molecular complexity index is 938. The van der Waals surface area contributed by atoms with Crippen molar-refractivity contribution in [1.82, 2.24) is 10.1 Å². The molecule has 0 spiro atoms. The van der Waals surface area contributed by atoms with Crippen molar-refractivity contribution in [3.63, 3.8) is 0 Å². The zero-order valence-corrected chi connectivity index (χ0v) is 15.8. The van der Waals surface area contributed by atoms with E-state index in [1.54, 1.807) is 25.3 Å². The van der Waals surface area contributed by atoms with Crippen LogP contribution in [0.4, 0.5) is 11.4 Å².